The maximum absolute atomic E-state index is 12.7. The minimum Gasteiger partial charge on any atom is -0.340 e. The molecule has 5 heteroatoms. The average molecular weight is 296 g/mol. The lowest BCUT2D eigenvalue weighted by atomic mass is 9.93. The Hall–Kier alpha value is -0.650. The first kappa shape index (κ1) is 16.7. The molecule has 21 heavy (non-hydrogen) atoms. The zero-order valence-electron chi connectivity index (χ0n) is 13.8. The number of amides is 1. The molecule has 5 nitrogen and oxygen atoms in total. The molecule has 1 saturated carbocycles. The highest BCUT2D eigenvalue weighted by Gasteiger charge is 2.31. The predicted octanol–water partition coefficient (Wildman–Crippen LogP) is 0.600. The van der Waals surface area contributed by atoms with E-state index in [0.29, 0.717) is 5.91 Å². The number of rotatable bonds is 4. The number of likely N-dealkylation sites (N-methyl/N-ethyl adjacent to an activating group) is 1. The first-order valence-electron chi connectivity index (χ1n) is 8.49. The number of nitrogens with zero attached hydrogens (tertiary/aromatic N) is 3. The second-order valence-corrected chi connectivity index (χ2v) is 6.88. The van der Waals surface area contributed by atoms with Crippen LogP contribution in [0.4, 0.5) is 0 Å². The van der Waals surface area contributed by atoms with Crippen molar-refractivity contribution in [2.24, 2.45) is 11.7 Å². The summed E-state index contributed by atoms with van der Waals surface area (Å²) >= 11 is 0. The van der Waals surface area contributed by atoms with E-state index in [4.69, 9.17) is 5.73 Å². The second-order valence-electron chi connectivity index (χ2n) is 6.88. The fourth-order valence-electron chi connectivity index (χ4n) is 3.41. The van der Waals surface area contributed by atoms with E-state index in [0.717, 1.165) is 58.5 Å². The van der Waals surface area contributed by atoms with Crippen LogP contribution in [0.1, 0.15) is 32.1 Å². The van der Waals surface area contributed by atoms with Gasteiger partial charge in [0.05, 0.1) is 5.92 Å². The van der Waals surface area contributed by atoms with E-state index < -0.39 is 0 Å². The molecule has 2 atom stereocenters. The van der Waals surface area contributed by atoms with Gasteiger partial charge in [-0.25, -0.2) is 0 Å². The summed E-state index contributed by atoms with van der Waals surface area (Å²) in [6.45, 7) is 5.92. The third-order valence-corrected chi connectivity index (χ3v) is 4.93. The first-order valence-corrected chi connectivity index (χ1v) is 8.49. The molecule has 1 aliphatic heterocycles. The number of hydrogen-bond acceptors (Lipinski definition) is 4. The van der Waals surface area contributed by atoms with E-state index >= 15 is 0 Å². The third kappa shape index (κ3) is 4.94. The van der Waals surface area contributed by atoms with Crippen LogP contribution >= 0.6 is 0 Å². The topological polar surface area (TPSA) is 52.8 Å². The van der Waals surface area contributed by atoms with Gasteiger partial charge in [0.2, 0.25) is 5.91 Å². The lowest BCUT2D eigenvalue weighted by molar-refractivity contribution is -0.138. The second kappa shape index (κ2) is 8.11. The van der Waals surface area contributed by atoms with Crippen molar-refractivity contribution in [3.63, 3.8) is 0 Å². The van der Waals surface area contributed by atoms with Crippen molar-refractivity contribution < 1.29 is 4.79 Å². The van der Waals surface area contributed by atoms with Crippen LogP contribution in [0, 0.1) is 5.92 Å². The number of carbonyl (C=O) groups is 1. The maximum Gasteiger partial charge on any atom is 0.227 e. The lowest BCUT2D eigenvalue weighted by Crippen LogP contribution is -2.53. The molecule has 0 aromatic rings. The van der Waals surface area contributed by atoms with Crippen LogP contribution < -0.4 is 5.73 Å². The van der Waals surface area contributed by atoms with Crippen molar-refractivity contribution in [2.75, 3.05) is 53.4 Å². The molecule has 0 spiro atoms. The van der Waals surface area contributed by atoms with Crippen LogP contribution in [0.2, 0.25) is 0 Å². The molecule has 1 amide bonds. The van der Waals surface area contributed by atoms with E-state index in [1.54, 1.807) is 0 Å². The molecule has 1 saturated heterocycles. The van der Waals surface area contributed by atoms with Crippen LogP contribution in [-0.4, -0.2) is 80.0 Å². The molecule has 0 aromatic heterocycles. The highest BCUT2D eigenvalue weighted by atomic mass is 16.2. The summed E-state index contributed by atoms with van der Waals surface area (Å²) in [5, 5.41) is 0. The van der Waals surface area contributed by atoms with Gasteiger partial charge >= 0.3 is 0 Å². The minimum atomic E-state index is 0.0702. The van der Waals surface area contributed by atoms with Crippen LogP contribution in [-0.2, 0) is 4.79 Å². The van der Waals surface area contributed by atoms with Crippen LogP contribution in [0.5, 0.6) is 0 Å². The number of carbonyl (C=O) groups excluding carboxylic acids is 1. The molecule has 122 valence electrons. The van der Waals surface area contributed by atoms with Gasteiger partial charge in [0, 0.05) is 45.3 Å². The molecule has 2 fully saturated rings. The van der Waals surface area contributed by atoms with E-state index in [2.05, 4.69) is 28.8 Å². The summed E-state index contributed by atoms with van der Waals surface area (Å²) in [5.41, 5.74) is 6.23. The maximum atomic E-state index is 12.7. The number of piperazine rings is 1. The summed E-state index contributed by atoms with van der Waals surface area (Å²) in [6.07, 6.45) is 5.58. The Balaban J connectivity index is 1.79. The van der Waals surface area contributed by atoms with Gasteiger partial charge in [-0.15, -0.1) is 0 Å². The molecular formula is C16H32N4O. The molecule has 2 aliphatic rings. The Morgan fingerprint density at radius 1 is 1.10 bits per heavy atom. The van der Waals surface area contributed by atoms with Gasteiger partial charge in [0.1, 0.15) is 0 Å². The van der Waals surface area contributed by atoms with Crippen molar-refractivity contribution in [3.05, 3.63) is 0 Å². The molecule has 0 bridgehead atoms. The Morgan fingerprint density at radius 2 is 1.76 bits per heavy atom. The van der Waals surface area contributed by atoms with Crippen molar-refractivity contribution in [1.82, 2.24) is 14.7 Å². The zero-order valence-corrected chi connectivity index (χ0v) is 13.8. The molecule has 0 aromatic carbocycles. The summed E-state index contributed by atoms with van der Waals surface area (Å²) in [4.78, 5) is 19.4. The van der Waals surface area contributed by atoms with Crippen molar-refractivity contribution >= 4 is 5.91 Å². The fourth-order valence-corrected chi connectivity index (χ4v) is 3.41. The van der Waals surface area contributed by atoms with Crippen molar-refractivity contribution in [3.8, 4) is 0 Å². The standard InChI is InChI=1S/C16H32N4O/c1-18(2)8-9-19-10-12-20(13-11-19)16(21)14-6-4-3-5-7-15(14)17/h14-15H,3-13,17H2,1-2H3. The van der Waals surface area contributed by atoms with Crippen molar-refractivity contribution in [1.29, 1.82) is 0 Å². The molecule has 1 heterocycles. The van der Waals surface area contributed by atoms with E-state index in [1.807, 2.05) is 0 Å². The van der Waals surface area contributed by atoms with Gasteiger partial charge in [-0.3, -0.25) is 9.69 Å². The highest BCUT2D eigenvalue weighted by molar-refractivity contribution is 5.79. The smallest absolute Gasteiger partial charge is 0.227 e. The third-order valence-electron chi connectivity index (χ3n) is 4.93. The summed E-state index contributed by atoms with van der Waals surface area (Å²) in [6, 6.07) is 0.0757. The van der Waals surface area contributed by atoms with Gasteiger partial charge in [-0.2, -0.15) is 0 Å². The van der Waals surface area contributed by atoms with Gasteiger partial charge in [-0.1, -0.05) is 19.3 Å². The largest absolute Gasteiger partial charge is 0.340 e. The Morgan fingerprint density at radius 3 is 2.43 bits per heavy atom. The summed E-state index contributed by atoms with van der Waals surface area (Å²) in [5.74, 6) is 0.387. The quantitative estimate of drug-likeness (QED) is 0.772. The Labute approximate surface area is 129 Å². The van der Waals surface area contributed by atoms with Crippen molar-refractivity contribution in [2.45, 2.75) is 38.1 Å². The van der Waals surface area contributed by atoms with E-state index in [9.17, 15) is 4.79 Å². The van der Waals surface area contributed by atoms with E-state index in [-0.39, 0.29) is 12.0 Å². The Bertz CT molecular complexity index is 326. The van der Waals surface area contributed by atoms with Gasteiger partial charge in [0.15, 0.2) is 0 Å². The zero-order chi connectivity index (χ0) is 15.2. The molecule has 1 aliphatic carbocycles. The molecular weight excluding hydrogens is 264 g/mol. The average Bonchev–Trinajstić information content (AvgIpc) is 2.69. The summed E-state index contributed by atoms with van der Waals surface area (Å²) < 4.78 is 0. The van der Waals surface area contributed by atoms with Crippen LogP contribution in [0.25, 0.3) is 0 Å². The first-order chi connectivity index (χ1) is 10.1. The molecule has 2 N–H and O–H groups in total. The minimum absolute atomic E-state index is 0.0702. The van der Waals surface area contributed by atoms with Gasteiger partial charge < -0.3 is 15.5 Å². The Kier molecular flexibility index (Phi) is 6.45. The molecule has 2 rings (SSSR count). The highest BCUT2D eigenvalue weighted by Crippen LogP contribution is 2.24. The summed E-state index contributed by atoms with van der Waals surface area (Å²) in [7, 11) is 4.21. The lowest BCUT2D eigenvalue weighted by Gasteiger charge is -2.37. The predicted molar refractivity (Wildman–Crippen MR) is 86.1 cm³/mol. The monoisotopic (exact) mass is 296 g/mol. The fraction of sp³-hybridized carbons (Fsp3) is 0.938. The van der Waals surface area contributed by atoms with Gasteiger partial charge in [-0.05, 0) is 26.9 Å². The van der Waals surface area contributed by atoms with Crippen LogP contribution in [0.3, 0.4) is 0 Å². The number of hydrogen-bond donors (Lipinski definition) is 1. The molecule has 2 unspecified atom stereocenters. The van der Waals surface area contributed by atoms with Crippen LogP contribution in [0.15, 0.2) is 0 Å². The molecule has 0 radical (unpaired) electrons. The van der Waals surface area contributed by atoms with Gasteiger partial charge in [0.25, 0.3) is 0 Å². The number of nitrogens with two attached hydrogens (primary N) is 1. The normalized spacial score (nSPS) is 28.7. The SMILES string of the molecule is CN(C)CCN1CCN(C(=O)C2CCCCCC2N)CC1. The van der Waals surface area contributed by atoms with E-state index in [1.165, 1.54) is 12.8 Å².